The summed E-state index contributed by atoms with van der Waals surface area (Å²) in [5.74, 6) is 0. The van der Waals surface area contributed by atoms with Gasteiger partial charge in [0.05, 0.1) is 24.4 Å². The topological polar surface area (TPSA) is 111 Å². The molecular formula is C21H48N4O4. The lowest BCUT2D eigenvalue weighted by Gasteiger charge is -2.29. The van der Waals surface area contributed by atoms with Gasteiger partial charge in [0, 0.05) is 58.9 Å². The highest BCUT2D eigenvalue weighted by Gasteiger charge is 2.12. The van der Waals surface area contributed by atoms with Crippen molar-refractivity contribution in [3.05, 3.63) is 0 Å². The lowest BCUT2D eigenvalue weighted by atomic mass is 10.1. The molecule has 0 fully saturated rings. The Hall–Kier alpha value is -0.320. The molecule has 0 spiro atoms. The van der Waals surface area contributed by atoms with E-state index in [9.17, 15) is 20.4 Å². The molecule has 6 N–H and O–H groups in total. The number of nitrogens with one attached hydrogen (secondary N) is 2. The van der Waals surface area contributed by atoms with Gasteiger partial charge in [-0.15, -0.1) is 0 Å². The SMILES string of the molecule is CC(O)CCCCN(CCNCC(C)O)CCN(CCNCC(C)O)CC(C)O. The fraction of sp³-hybridized carbons (Fsp3) is 1.00. The maximum Gasteiger partial charge on any atom is 0.0639 e. The molecule has 4 atom stereocenters. The zero-order chi connectivity index (χ0) is 22.1. The summed E-state index contributed by atoms with van der Waals surface area (Å²) >= 11 is 0. The van der Waals surface area contributed by atoms with E-state index in [0.717, 1.165) is 65.1 Å². The van der Waals surface area contributed by atoms with E-state index in [2.05, 4.69) is 20.4 Å². The first-order valence-electron chi connectivity index (χ1n) is 11.3. The summed E-state index contributed by atoms with van der Waals surface area (Å²) in [6.07, 6.45) is 1.57. The maximum atomic E-state index is 9.81. The van der Waals surface area contributed by atoms with Gasteiger partial charge in [-0.25, -0.2) is 0 Å². The Bertz CT molecular complexity index is 342. The van der Waals surface area contributed by atoms with Crippen LogP contribution in [0.2, 0.25) is 0 Å². The molecule has 0 aliphatic heterocycles. The number of unbranched alkanes of at least 4 members (excludes halogenated alkanes) is 1. The van der Waals surface area contributed by atoms with Crippen molar-refractivity contribution in [3.63, 3.8) is 0 Å². The molecule has 0 bridgehead atoms. The molecule has 0 aromatic rings. The number of hydrogen-bond donors (Lipinski definition) is 6. The molecule has 0 aliphatic carbocycles. The molecule has 0 aliphatic rings. The predicted molar refractivity (Wildman–Crippen MR) is 119 cm³/mol. The van der Waals surface area contributed by atoms with Crippen molar-refractivity contribution in [2.75, 3.05) is 65.4 Å². The van der Waals surface area contributed by atoms with Crippen LogP contribution in [0, 0.1) is 0 Å². The van der Waals surface area contributed by atoms with Crippen LogP contribution in [0.3, 0.4) is 0 Å². The van der Waals surface area contributed by atoms with Gasteiger partial charge < -0.3 is 36.0 Å². The quantitative estimate of drug-likeness (QED) is 0.146. The van der Waals surface area contributed by atoms with Crippen LogP contribution >= 0.6 is 0 Å². The highest BCUT2D eigenvalue weighted by Crippen LogP contribution is 2.03. The summed E-state index contributed by atoms with van der Waals surface area (Å²) in [6.45, 7) is 15.1. The fourth-order valence-electron chi connectivity index (χ4n) is 3.16. The lowest BCUT2D eigenvalue weighted by molar-refractivity contribution is 0.114. The van der Waals surface area contributed by atoms with Gasteiger partial charge >= 0.3 is 0 Å². The maximum absolute atomic E-state index is 9.81. The summed E-state index contributed by atoms with van der Waals surface area (Å²) in [4.78, 5) is 4.67. The van der Waals surface area contributed by atoms with E-state index < -0.39 is 0 Å². The largest absolute Gasteiger partial charge is 0.393 e. The van der Waals surface area contributed by atoms with Gasteiger partial charge in [-0.1, -0.05) is 0 Å². The van der Waals surface area contributed by atoms with Gasteiger partial charge in [0.25, 0.3) is 0 Å². The molecule has 0 radical (unpaired) electrons. The van der Waals surface area contributed by atoms with E-state index >= 15 is 0 Å². The summed E-state index contributed by atoms with van der Waals surface area (Å²) < 4.78 is 0. The lowest BCUT2D eigenvalue weighted by Crippen LogP contribution is -2.44. The van der Waals surface area contributed by atoms with Crippen LogP contribution in [-0.2, 0) is 0 Å². The molecule has 4 unspecified atom stereocenters. The number of rotatable bonds is 20. The Morgan fingerprint density at radius 3 is 1.59 bits per heavy atom. The third kappa shape index (κ3) is 20.7. The molecule has 0 saturated heterocycles. The predicted octanol–water partition coefficient (Wildman–Crippen LogP) is -0.537. The van der Waals surface area contributed by atoms with Crippen molar-refractivity contribution in [1.29, 1.82) is 0 Å². The standard InChI is InChI=1S/C21H48N4O4/c1-18(26)7-5-6-10-24(11-8-22-15-19(2)27)13-14-25(17-21(4)29)12-9-23-16-20(3)28/h18-23,26-29H,5-17H2,1-4H3. The molecule has 8 nitrogen and oxygen atoms in total. The van der Waals surface area contributed by atoms with E-state index in [4.69, 9.17) is 0 Å². The molecule has 0 saturated carbocycles. The number of nitrogens with zero attached hydrogens (tertiary/aromatic N) is 2. The van der Waals surface area contributed by atoms with Crippen molar-refractivity contribution in [1.82, 2.24) is 20.4 Å². The van der Waals surface area contributed by atoms with Gasteiger partial charge in [0.2, 0.25) is 0 Å². The molecule has 29 heavy (non-hydrogen) atoms. The monoisotopic (exact) mass is 420 g/mol. The van der Waals surface area contributed by atoms with Crippen LogP contribution in [0.1, 0.15) is 47.0 Å². The number of hydrogen-bond acceptors (Lipinski definition) is 8. The Morgan fingerprint density at radius 2 is 1.10 bits per heavy atom. The van der Waals surface area contributed by atoms with E-state index in [-0.39, 0.29) is 24.4 Å². The Morgan fingerprint density at radius 1 is 0.586 bits per heavy atom. The molecule has 0 amide bonds. The van der Waals surface area contributed by atoms with Crippen LogP contribution in [0.15, 0.2) is 0 Å². The second-order valence-corrected chi connectivity index (χ2v) is 8.44. The first-order valence-corrected chi connectivity index (χ1v) is 11.3. The van der Waals surface area contributed by atoms with Crippen LogP contribution in [-0.4, -0.2) is 120 Å². The third-order valence-electron chi connectivity index (χ3n) is 4.69. The summed E-state index contributed by atoms with van der Waals surface area (Å²) in [6, 6.07) is 0. The van der Waals surface area contributed by atoms with Crippen molar-refractivity contribution in [3.8, 4) is 0 Å². The van der Waals surface area contributed by atoms with Crippen LogP contribution < -0.4 is 10.6 Å². The van der Waals surface area contributed by atoms with E-state index in [1.54, 1.807) is 13.8 Å². The van der Waals surface area contributed by atoms with Crippen LogP contribution in [0.25, 0.3) is 0 Å². The molecule has 0 aromatic heterocycles. The zero-order valence-corrected chi connectivity index (χ0v) is 19.2. The first-order chi connectivity index (χ1) is 13.7. The third-order valence-corrected chi connectivity index (χ3v) is 4.69. The van der Waals surface area contributed by atoms with Crippen molar-refractivity contribution in [2.24, 2.45) is 0 Å². The van der Waals surface area contributed by atoms with E-state index in [0.29, 0.717) is 19.6 Å². The highest BCUT2D eigenvalue weighted by molar-refractivity contribution is 4.69. The average Bonchev–Trinajstić information content (AvgIpc) is 2.61. The van der Waals surface area contributed by atoms with Gasteiger partial charge in [-0.2, -0.15) is 0 Å². The summed E-state index contributed by atoms with van der Waals surface area (Å²) in [7, 11) is 0. The Kier molecular flexibility index (Phi) is 18.2. The zero-order valence-electron chi connectivity index (χ0n) is 19.2. The van der Waals surface area contributed by atoms with Gasteiger partial charge in [-0.3, -0.25) is 4.90 Å². The normalized spacial score (nSPS) is 16.3. The molecule has 0 aromatic carbocycles. The average molecular weight is 421 g/mol. The van der Waals surface area contributed by atoms with Crippen molar-refractivity contribution < 1.29 is 20.4 Å². The number of aliphatic hydroxyl groups is 4. The number of aliphatic hydroxyl groups excluding tert-OH is 4. The minimum absolute atomic E-state index is 0.244. The van der Waals surface area contributed by atoms with Gasteiger partial charge in [0.1, 0.15) is 0 Å². The Labute approximate surface area is 178 Å². The highest BCUT2D eigenvalue weighted by atomic mass is 16.3. The summed E-state index contributed by atoms with van der Waals surface area (Å²) in [5, 5.41) is 44.5. The first kappa shape index (κ1) is 28.7. The van der Waals surface area contributed by atoms with Crippen LogP contribution in [0.4, 0.5) is 0 Å². The van der Waals surface area contributed by atoms with Gasteiger partial charge in [-0.05, 0) is 53.5 Å². The van der Waals surface area contributed by atoms with E-state index in [1.165, 1.54) is 0 Å². The second kappa shape index (κ2) is 18.4. The smallest absolute Gasteiger partial charge is 0.0639 e. The minimum atomic E-state index is -0.376. The molecule has 0 heterocycles. The minimum Gasteiger partial charge on any atom is -0.393 e. The van der Waals surface area contributed by atoms with Gasteiger partial charge in [0.15, 0.2) is 0 Å². The molecule has 8 heteroatoms. The molecule has 176 valence electrons. The van der Waals surface area contributed by atoms with Crippen molar-refractivity contribution >= 4 is 0 Å². The van der Waals surface area contributed by atoms with Crippen LogP contribution in [0.5, 0.6) is 0 Å². The fourth-order valence-corrected chi connectivity index (χ4v) is 3.16. The molecule has 0 rings (SSSR count). The molecular weight excluding hydrogens is 372 g/mol. The van der Waals surface area contributed by atoms with E-state index in [1.807, 2.05) is 13.8 Å². The van der Waals surface area contributed by atoms with Crippen molar-refractivity contribution in [2.45, 2.75) is 71.4 Å². The summed E-state index contributed by atoms with van der Waals surface area (Å²) in [5.41, 5.74) is 0. The second-order valence-electron chi connectivity index (χ2n) is 8.44. The Balaban J connectivity index is 4.43.